The third kappa shape index (κ3) is 6.45. The van der Waals surface area contributed by atoms with Gasteiger partial charge in [-0.15, -0.1) is 10.2 Å². The summed E-state index contributed by atoms with van der Waals surface area (Å²) in [5.41, 5.74) is 1.35. The Morgan fingerprint density at radius 2 is 1.79 bits per heavy atom. The lowest BCUT2D eigenvalue weighted by Gasteiger charge is -2.23. The first kappa shape index (κ1) is 25.4. The van der Waals surface area contributed by atoms with Gasteiger partial charge in [0, 0.05) is 16.1 Å². The Balaban J connectivity index is 1.69. The smallest absolute Gasteiger partial charge is 0.320 e. The Morgan fingerprint density at radius 3 is 2.44 bits per heavy atom. The number of methoxy groups -OCH3 is 2. The van der Waals surface area contributed by atoms with E-state index in [1.807, 2.05) is 38.1 Å². The van der Waals surface area contributed by atoms with Crippen molar-refractivity contribution in [3.8, 4) is 22.1 Å². The van der Waals surface area contributed by atoms with Crippen LogP contribution in [0.1, 0.15) is 20.3 Å². The Labute approximate surface area is 210 Å². The second kappa shape index (κ2) is 11.8. The van der Waals surface area contributed by atoms with E-state index < -0.39 is 12.1 Å². The largest absolute Gasteiger partial charge is 0.497 e. The third-order valence-electron chi connectivity index (χ3n) is 5.19. The van der Waals surface area contributed by atoms with E-state index in [9.17, 15) is 9.59 Å². The van der Waals surface area contributed by atoms with Crippen LogP contribution in [-0.4, -0.2) is 42.4 Å². The molecule has 180 valence electrons. The van der Waals surface area contributed by atoms with Crippen LogP contribution in [-0.2, 0) is 4.79 Å². The Hall–Kier alpha value is -3.18. The van der Waals surface area contributed by atoms with Crippen LogP contribution in [0.3, 0.4) is 0 Å². The van der Waals surface area contributed by atoms with Crippen molar-refractivity contribution in [1.29, 1.82) is 0 Å². The zero-order valence-electron chi connectivity index (χ0n) is 19.2. The lowest BCUT2D eigenvalue weighted by atomic mass is 9.98. The van der Waals surface area contributed by atoms with Crippen LogP contribution in [0.15, 0.2) is 46.9 Å². The van der Waals surface area contributed by atoms with Gasteiger partial charge in [0.2, 0.25) is 11.0 Å². The van der Waals surface area contributed by atoms with Gasteiger partial charge in [0.15, 0.2) is 0 Å². The van der Waals surface area contributed by atoms with Gasteiger partial charge in [0.25, 0.3) is 0 Å². The number of anilines is 2. The van der Waals surface area contributed by atoms with E-state index in [0.29, 0.717) is 33.7 Å². The maximum Gasteiger partial charge on any atom is 0.320 e. The average molecular weight is 548 g/mol. The van der Waals surface area contributed by atoms with Crippen molar-refractivity contribution in [2.24, 2.45) is 5.92 Å². The molecule has 0 aliphatic carbocycles. The van der Waals surface area contributed by atoms with Crippen LogP contribution in [0.2, 0.25) is 0 Å². The van der Waals surface area contributed by atoms with Crippen LogP contribution >= 0.6 is 27.3 Å². The number of halogens is 1. The molecular formula is C23H26BrN5O4S. The fourth-order valence-corrected chi connectivity index (χ4v) is 4.09. The quantitative estimate of drug-likeness (QED) is 0.341. The third-order valence-corrected chi connectivity index (χ3v) is 6.60. The maximum atomic E-state index is 13.0. The summed E-state index contributed by atoms with van der Waals surface area (Å²) in [6, 6.07) is 11.4. The van der Waals surface area contributed by atoms with E-state index in [2.05, 4.69) is 42.1 Å². The number of hydrogen-bond donors (Lipinski definition) is 3. The molecular weight excluding hydrogens is 522 g/mol. The Bertz CT molecular complexity index is 1140. The highest BCUT2D eigenvalue weighted by Gasteiger charge is 2.27. The van der Waals surface area contributed by atoms with Crippen molar-refractivity contribution < 1.29 is 19.1 Å². The first-order valence-corrected chi connectivity index (χ1v) is 12.1. The zero-order chi connectivity index (χ0) is 24.7. The molecule has 1 heterocycles. The molecule has 0 fully saturated rings. The van der Waals surface area contributed by atoms with Crippen LogP contribution in [0.25, 0.3) is 10.6 Å². The number of carbonyl (C=O) groups excluding carboxylic acids is 2. The second-order valence-electron chi connectivity index (χ2n) is 7.44. The van der Waals surface area contributed by atoms with E-state index in [1.165, 1.54) is 18.4 Å². The van der Waals surface area contributed by atoms with E-state index in [-0.39, 0.29) is 11.8 Å². The highest BCUT2D eigenvalue weighted by atomic mass is 79.9. The van der Waals surface area contributed by atoms with E-state index in [1.54, 1.807) is 25.3 Å². The van der Waals surface area contributed by atoms with Crippen molar-refractivity contribution in [1.82, 2.24) is 15.5 Å². The minimum atomic E-state index is -0.783. The van der Waals surface area contributed by atoms with Crippen LogP contribution in [0.5, 0.6) is 11.5 Å². The molecule has 0 aliphatic rings. The number of hydrogen-bond acceptors (Lipinski definition) is 7. The number of ether oxygens (including phenoxy) is 2. The summed E-state index contributed by atoms with van der Waals surface area (Å²) < 4.78 is 11.5. The monoisotopic (exact) mass is 547 g/mol. The number of benzene rings is 2. The number of nitrogens with one attached hydrogen (secondary N) is 3. The molecule has 1 aromatic heterocycles. The molecule has 34 heavy (non-hydrogen) atoms. The molecule has 9 nitrogen and oxygen atoms in total. The maximum absolute atomic E-state index is 13.0. The number of aromatic nitrogens is 2. The molecule has 0 saturated carbocycles. The first-order valence-electron chi connectivity index (χ1n) is 10.5. The summed E-state index contributed by atoms with van der Waals surface area (Å²) in [6.07, 6.45) is 0.685. The molecule has 3 amide bonds. The standard InChI is InChI=1S/C23H26BrN5O4S/c1-5-13(2)19(26-22(31)25-17-11-10-16(32-3)12-18(17)33-4)20(30)27-23-29-28-21(34-23)14-6-8-15(24)9-7-14/h6-13,19H,5H2,1-4H3,(H2,25,26,31)(H,27,29,30). The minimum absolute atomic E-state index is 0.123. The van der Waals surface area contributed by atoms with Gasteiger partial charge in [-0.25, -0.2) is 4.79 Å². The van der Waals surface area contributed by atoms with Gasteiger partial charge in [-0.3, -0.25) is 10.1 Å². The molecule has 0 radical (unpaired) electrons. The Morgan fingerprint density at radius 1 is 1.06 bits per heavy atom. The molecule has 2 aromatic carbocycles. The highest BCUT2D eigenvalue weighted by molar-refractivity contribution is 9.10. The number of carbonyl (C=O) groups is 2. The average Bonchev–Trinajstić information content (AvgIpc) is 3.31. The Kier molecular flexibility index (Phi) is 8.83. The van der Waals surface area contributed by atoms with Gasteiger partial charge in [-0.05, 0) is 30.2 Å². The summed E-state index contributed by atoms with van der Waals surface area (Å²) in [7, 11) is 3.04. The summed E-state index contributed by atoms with van der Waals surface area (Å²) in [6.45, 7) is 3.85. The van der Waals surface area contributed by atoms with Crippen molar-refractivity contribution in [2.75, 3.05) is 24.9 Å². The number of nitrogens with zero attached hydrogens (tertiary/aromatic N) is 2. The SMILES string of the molecule is CCC(C)C(NC(=O)Nc1ccc(OC)cc1OC)C(=O)Nc1nnc(-c2ccc(Br)cc2)s1. The molecule has 3 rings (SSSR count). The first-order chi connectivity index (χ1) is 16.3. The molecule has 11 heteroatoms. The molecule has 0 saturated heterocycles. The van der Waals surface area contributed by atoms with Gasteiger partial charge in [-0.2, -0.15) is 0 Å². The topological polar surface area (TPSA) is 114 Å². The fourth-order valence-electron chi connectivity index (χ4n) is 3.07. The van der Waals surface area contributed by atoms with Gasteiger partial charge >= 0.3 is 6.03 Å². The van der Waals surface area contributed by atoms with Crippen molar-refractivity contribution in [3.05, 3.63) is 46.9 Å². The summed E-state index contributed by atoms with van der Waals surface area (Å²) in [5.74, 6) is 0.541. The van der Waals surface area contributed by atoms with Gasteiger partial charge in [0.05, 0.1) is 19.9 Å². The lowest BCUT2D eigenvalue weighted by Crippen LogP contribution is -2.49. The van der Waals surface area contributed by atoms with E-state index in [4.69, 9.17) is 9.47 Å². The van der Waals surface area contributed by atoms with Gasteiger partial charge in [0.1, 0.15) is 22.5 Å². The molecule has 3 aromatic rings. The molecule has 3 N–H and O–H groups in total. The van der Waals surface area contributed by atoms with Crippen LogP contribution in [0.4, 0.5) is 15.6 Å². The molecule has 0 spiro atoms. The summed E-state index contributed by atoms with van der Waals surface area (Å²) in [5, 5.41) is 17.5. The minimum Gasteiger partial charge on any atom is -0.497 e. The van der Waals surface area contributed by atoms with E-state index in [0.717, 1.165) is 10.0 Å². The number of amides is 3. The van der Waals surface area contributed by atoms with Crippen molar-refractivity contribution >= 4 is 50.0 Å². The molecule has 0 bridgehead atoms. The molecule has 2 unspecified atom stereocenters. The van der Waals surface area contributed by atoms with Crippen molar-refractivity contribution in [3.63, 3.8) is 0 Å². The summed E-state index contributed by atoms with van der Waals surface area (Å²) >= 11 is 4.67. The van der Waals surface area contributed by atoms with Gasteiger partial charge in [-0.1, -0.05) is 59.7 Å². The van der Waals surface area contributed by atoms with Crippen LogP contribution < -0.4 is 25.4 Å². The molecule has 0 aliphatic heterocycles. The van der Waals surface area contributed by atoms with Crippen molar-refractivity contribution in [2.45, 2.75) is 26.3 Å². The highest BCUT2D eigenvalue weighted by Crippen LogP contribution is 2.29. The number of urea groups is 1. The summed E-state index contributed by atoms with van der Waals surface area (Å²) in [4.78, 5) is 25.8. The predicted octanol–water partition coefficient (Wildman–Crippen LogP) is 5.16. The van der Waals surface area contributed by atoms with E-state index >= 15 is 0 Å². The molecule has 2 atom stereocenters. The zero-order valence-corrected chi connectivity index (χ0v) is 21.6. The van der Waals surface area contributed by atoms with Crippen LogP contribution in [0, 0.1) is 5.92 Å². The predicted molar refractivity (Wildman–Crippen MR) is 137 cm³/mol. The lowest BCUT2D eigenvalue weighted by molar-refractivity contribution is -0.119. The van der Waals surface area contributed by atoms with Gasteiger partial charge < -0.3 is 20.1 Å². The number of rotatable bonds is 9. The fraction of sp³-hybridized carbons (Fsp3) is 0.304. The normalized spacial score (nSPS) is 12.4. The second-order valence-corrected chi connectivity index (χ2v) is 9.33.